The quantitative estimate of drug-likeness (QED) is 0.801. The van der Waals surface area contributed by atoms with Crippen molar-refractivity contribution in [1.82, 2.24) is 14.6 Å². The molecule has 1 N–H and O–H groups in total. The fourth-order valence-electron chi connectivity index (χ4n) is 1.46. The summed E-state index contributed by atoms with van der Waals surface area (Å²) in [5.74, 6) is 0.673. The Kier molecular flexibility index (Phi) is 2.90. The van der Waals surface area contributed by atoms with Gasteiger partial charge in [0.05, 0.1) is 0 Å². The van der Waals surface area contributed by atoms with Gasteiger partial charge in [0.2, 0.25) is 5.95 Å². The maximum atomic E-state index is 4.42. The first-order valence-electron chi connectivity index (χ1n) is 5.36. The van der Waals surface area contributed by atoms with Gasteiger partial charge in [0.15, 0.2) is 5.65 Å². The van der Waals surface area contributed by atoms with Gasteiger partial charge in [-0.3, -0.25) is 0 Å². The SMILES string of the molecule is CC(C)=CCNc1nc2c(C)cccn2n1. The van der Waals surface area contributed by atoms with E-state index >= 15 is 0 Å². The molecule has 84 valence electrons. The van der Waals surface area contributed by atoms with E-state index in [0.29, 0.717) is 5.95 Å². The number of pyridine rings is 1. The van der Waals surface area contributed by atoms with E-state index in [-0.39, 0.29) is 0 Å². The molecule has 0 aliphatic rings. The number of aromatic nitrogens is 3. The van der Waals surface area contributed by atoms with Gasteiger partial charge in [-0.25, -0.2) is 4.52 Å². The maximum Gasteiger partial charge on any atom is 0.243 e. The van der Waals surface area contributed by atoms with Crippen molar-refractivity contribution in [3.63, 3.8) is 0 Å². The first-order valence-corrected chi connectivity index (χ1v) is 5.36. The number of nitrogens with zero attached hydrogens (tertiary/aromatic N) is 3. The van der Waals surface area contributed by atoms with Crippen molar-refractivity contribution < 1.29 is 0 Å². The minimum Gasteiger partial charge on any atom is -0.349 e. The van der Waals surface area contributed by atoms with Crippen LogP contribution in [0.4, 0.5) is 5.95 Å². The normalized spacial score (nSPS) is 10.4. The average molecular weight is 216 g/mol. The molecule has 0 unspecified atom stereocenters. The minimum absolute atomic E-state index is 0.673. The van der Waals surface area contributed by atoms with Crippen LogP contribution in [-0.4, -0.2) is 21.1 Å². The van der Waals surface area contributed by atoms with Crippen LogP contribution in [-0.2, 0) is 0 Å². The van der Waals surface area contributed by atoms with Gasteiger partial charge in [0.1, 0.15) is 0 Å². The largest absolute Gasteiger partial charge is 0.349 e. The molecule has 0 bridgehead atoms. The van der Waals surface area contributed by atoms with Crippen molar-refractivity contribution in [2.45, 2.75) is 20.8 Å². The van der Waals surface area contributed by atoms with Gasteiger partial charge in [-0.15, -0.1) is 5.10 Å². The predicted octanol–water partition coefficient (Wildman–Crippen LogP) is 2.42. The van der Waals surface area contributed by atoms with E-state index in [1.54, 1.807) is 4.52 Å². The first-order chi connectivity index (χ1) is 7.66. The summed E-state index contributed by atoms with van der Waals surface area (Å²) in [4.78, 5) is 4.42. The average Bonchev–Trinajstić information content (AvgIpc) is 2.61. The minimum atomic E-state index is 0.673. The predicted molar refractivity (Wildman–Crippen MR) is 65.6 cm³/mol. The molecule has 0 spiro atoms. The Morgan fingerprint density at radius 3 is 3.00 bits per heavy atom. The smallest absolute Gasteiger partial charge is 0.243 e. The second kappa shape index (κ2) is 4.35. The zero-order valence-electron chi connectivity index (χ0n) is 9.86. The molecule has 0 saturated carbocycles. The second-order valence-electron chi connectivity index (χ2n) is 4.06. The summed E-state index contributed by atoms with van der Waals surface area (Å²) in [6.07, 6.45) is 4.01. The molecule has 0 fully saturated rings. The second-order valence-corrected chi connectivity index (χ2v) is 4.06. The van der Waals surface area contributed by atoms with Crippen molar-refractivity contribution in [3.8, 4) is 0 Å². The molecule has 0 aliphatic carbocycles. The molecule has 2 heterocycles. The van der Waals surface area contributed by atoms with Crippen LogP contribution in [0.3, 0.4) is 0 Å². The highest BCUT2D eigenvalue weighted by atomic mass is 15.3. The number of hydrogen-bond donors (Lipinski definition) is 1. The first kappa shape index (κ1) is 10.7. The lowest BCUT2D eigenvalue weighted by Crippen LogP contribution is -2.00. The van der Waals surface area contributed by atoms with E-state index < -0.39 is 0 Å². The number of nitrogens with one attached hydrogen (secondary N) is 1. The van der Waals surface area contributed by atoms with Crippen LogP contribution >= 0.6 is 0 Å². The van der Waals surface area contributed by atoms with Crippen molar-refractivity contribution in [3.05, 3.63) is 35.5 Å². The highest BCUT2D eigenvalue weighted by Gasteiger charge is 2.03. The van der Waals surface area contributed by atoms with Crippen LogP contribution in [0.25, 0.3) is 5.65 Å². The lowest BCUT2D eigenvalue weighted by molar-refractivity contribution is 0.954. The Morgan fingerprint density at radius 1 is 1.50 bits per heavy atom. The third kappa shape index (κ3) is 2.21. The van der Waals surface area contributed by atoms with Crippen molar-refractivity contribution in [1.29, 1.82) is 0 Å². The zero-order chi connectivity index (χ0) is 11.5. The van der Waals surface area contributed by atoms with Crippen LogP contribution in [0.1, 0.15) is 19.4 Å². The molecule has 2 rings (SSSR count). The number of hydrogen-bond acceptors (Lipinski definition) is 3. The third-order valence-electron chi connectivity index (χ3n) is 2.33. The Labute approximate surface area is 95.0 Å². The standard InChI is InChI=1S/C12H16N4/c1-9(2)6-7-13-12-14-11-10(3)5-4-8-16(11)15-12/h4-6,8H,7H2,1-3H3,(H,13,15). The molecular weight excluding hydrogens is 200 g/mol. The summed E-state index contributed by atoms with van der Waals surface area (Å²) >= 11 is 0. The van der Waals surface area contributed by atoms with Crippen molar-refractivity contribution in [2.75, 3.05) is 11.9 Å². The van der Waals surface area contributed by atoms with Crippen molar-refractivity contribution >= 4 is 11.6 Å². The monoisotopic (exact) mass is 216 g/mol. The summed E-state index contributed by atoms with van der Waals surface area (Å²) < 4.78 is 1.79. The van der Waals surface area contributed by atoms with Gasteiger partial charge in [0.25, 0.3) is 0 Å². The van der Waals surface area contributed by atoms with Crippen LogP contribution in [0.2, 0.25) is 0 Å². The van der Waals surface area contributed by atoms with Crippen LogP contribution < -0.4 is 5.32 Å². The molecule has 4 heteroatoms. The molecule has 0 saturated heterocycles. The van der Waals surface area contributed by atoms with E-state index in [4.69, 9.17) is 0 Å². The highest BCUT2D eigenvalue weighted by molar-refractivity contribution is 5.49. The molecule has 0 atom stereocenters. The Hall–Kier alpha value is -1.84. The fraction of sp³-hybridized carbons (Fsp3) is 0.333. The molecule has 0 amide bonds. The molecule has 0 aliphatic heterocycles. The molecule has 0 radical (unpaired) electrons. The maximum absolute atomic E-state index is 4.42. The molecule has 0 aromatic carbocycles. The topological polar surface area (TPSA) is 42.2 Å². The number of aryl methyl sites for hydroxylation is 1. The lowest BCUT2D eigenvalue weighted by atomic mass is 10.3. The summed E-state index contributed by atoms with van der Waals surface area (Å²) in [6.45, 7) is 6.94. The van der Waals surface area contributed by atoms with Crippen LogP contribution in [0, 0.1) is 6.92 Å². The van der Waals surface area contributed by atoms with Crippen LogP contribution in [0.5, 0.6) is 0 Å². The van der Waals surface area contributed by atoms with E-state index in [1.165, 1.54) is 5.57 Å². The molecule has 4 nitrogen and oxygen atoms in total. The van der Waals surface area contributed by atoms with Gasteiger partial charge >= 0.3 is 0 Å². The summed E-state index contributed by atoms with van der Waals surface area (Å²) in [7, 11) is 0. The Morgan fingerprint density at radius 2 is 2.31 bits per heavy atom. The molecule has 2 aromatic heterocycles. The van der Waals surface area contributed by atoms with E-state index in [9.17, 15) is 0 Å². The zero-order valence-corrected chi connectivity index (χ0v) is 9.86. The number of anilines is 1. The highest BCUT2D eigenvalue weighted by Crippen LogP contribution is 2.09. The van der Waals surface area contributed by atoms with E-state index in [0.717, 1.165) is 17.8 Å². The van der Waals surface area contributed by atoms with Gasteiger partial charge in [0, 0.05) is 12.7 Å². The van der Waals surface area contributed by atoms with Gasteiger partial charge in [-0.05, 0) is 32.4 Å². The van der Waals surface area contributed by atoms with Gasteiger partial charge < -0.3 is 5.32 Å². The Balaban J connectivity index is 2.20. The number of fused-ring (bicyclic) bond motifs is 1. The Bertz CT molecular complexity index is 521. The van der Waals surface area contributed by atoms with Crippen molar-refractivity contribution in [2.24, 2.45) is 0 Å². The summed E-state index contributed by atoms with van der Waals surface area (Å²) in [5, 5.41) is 7.51. The number of rotatable bonds is 3. The summed E-state index contributed by atoms with van der Waals surface area (Å²) in [5.41, 5.74) is 3.32. The third-order valence-corrected chi connectivity index (χ3v) is 2.33. The lowest BCUT2D eigenvalue weighted by Gasteiger charge is -1.95. The summed E-state index contributed by atoms with van der Waals surface area (Å²) in [6, 6.07) is 4.00. The van der Waals surface area contributed by atoms with Gasteiger partial charge in [-0.1, -0.05) is 17.7 Å². The molecule has 2 aromatic rings. The molecule has 16 heavy (non-hydrogen) atoms. The van der Waals surface area contributed by atoms with E-state index in [2.05, 4.69) is 35.3 Å². The van der Waals surface area contributed by atoms with E-state index in [1.807, 2.05) is 25.3 Å². The van der Waals surface area contributed by atoms with Gasteiger partial charge in [-0.2, -0.15) is 4.98 Å². The fourth-order valence-corrected chi connectivity index (χ4v) is 1.46. The molecular formula is C12H16N4. The van der Waals surface area contributed by atoms with Crippen LogP contribution in [0.15, 0.2) is 30.0 Å². The number of allylic oxidation sites excluding steroid dienone is 1.